The van der Waals surface area contributed by atoms with E-state index in [1.807, 2.05) is 0 Å². The van der Waals surface area contributed by atoms with Crippen molar-refractivity contribution in [1.29, 1.82) is 0 Å². The molecule has 0 saturated carbocycles. The van der Waals surface area contributed by atoms with E-state index in [1.165, 1.54) is 17.3 Å². The monoisotopic (exact) mass is 369 g/mol. The first-order valence-electron chi connectivity index (χ1n) is 8.21. The molecule has 3 rings (SSSR count). The summed E-state index contributed by atoms with van der Waals surface area (Å²) in [6.07, 6.45) is 2.86. The molecule has 0 spiro atoms. The van der Waals surface area contributed by atoms with Crippen LogP contribution < -0.4 is 10.6 Å². The minimum Gasteiger partial charge on any atom is -0.453 e. The third kappa shape index (κ3) is 4.59. The molecule has 0 radical (unpaired) electrons. The third-order valence-corrected chi connectivity index (χ3v) is 3.80. The molecule has 0 fully saturated rings. The number of nitrogens with one attached hydrogen (secondary N) is 2. The highest BCUT2D eigenvalue weighted by Gasteiger charge is 2.16. The maximum absolute atomic E-state index is 12.2. The number of carbonyl (C=O) groups is 2. The molecule has 1 atom stereocenters. The van der Waals surface area contributed by atoms with Crippen molar-refractivity contribution >= 4 is 23.2 Å². The van der Waals surface area contributed by atoms with Crippen LogP contribution in [-0.2, 0) is 16.1 Å². The lowest BCUT2D eigenvalue weighted by atomic mass is 10.2. The van der Waals surface area contributed by atoms with Gasteiger partial charge in [-0.3, -0.25) is 9.59 Å². The lowest BCUT2D eigenvalue weighted by Gasteiger charge is -2.12. The van der Waals surface area contributed by atoms with Crippen molar-refractivity contribution in [2.24, 2.45) is 0 Å². The molecule has 2 amide bonds. The molecule has 2 N–H and O–H groups in total. The third-order valence-electron chi connectivity index (χ3n) is 3.80. The summed E-state index contributed by atoms with van der Waals surface area (Å²) in [7, 11) is 1.55. The Balaban J connectivity index is 1.58. The van der Waals surface area contributed by atoms with E-state index in [1.54, 1.807) is 50.4 Å². The van der Waals surface area contributed by atoms with Gasteiger partial charge in [-0.2, -0.15) is 5.10 Å². The average Bonchev–Trinajstić information content (AvgIpc) is 3.35. The van der Waals surface area contributed by atoms with Gasteiger partial charge in [0, 0.05) is 18.5 Å². The number of anilines is 2. The Bertz CT molecular complexity index is 902. The molecule has 9 nitrogen and oxygen atoms in total. The lowest BCUT2D eigenvalue weighted by Crippen LogP contribution is -2.24. The maximum Gasteiger partial charge on any atom is 0.291 e. The Morgan fingerprint density at radius 1 is 1.15 bits per heavy atom. The van der Waals surface area contributed by atoms with Crippen LogP contribution in [0.3, 0.4) is 0 Å². The van der Waals surface area contributed by atoms with Gasteiger partial charge in [-0.05, 0) is 43.3 Å². The summed E-state index contributed by atoms with van der Waals surface area (Å²) < 4.78 is 11.8. The summed E-state index contributed by atoms with van der Waals surface area (Å²) in [6, 6.07) is 9.54. The molecule has 1 aromatic carbocycles. The summed E-state index contributed by atoms with van der Waals surface area (Å²) in [5.41, 5.74) is 1.18. The number of hydrogen-bond donors (Lipinski definition) is 2. The van der Waals surface area contributed by atoms with Gasteiger partial charge in [-0.25, -0.2) is 9.67 Å². The minimum atomic E-state index is -0.493. The Hall–Kier alpha value is -3.46. The second kappa shape index (κ2) is 8.28. The first-order valence-corrected chi connectivity index (χ1v) is 8.21. The zero-order valence-electron chi connectivity index (χ0n) is 14.9. The normalized spacial score (nSPS) is 11.8. The standard InChI is InChI=1S/C18H19N5O4/c1-12(23-11-19-10-20-23)17(24)21-13-3-5-14(6-4-13)22-18(25)16-8-7-15(27-16)9-26-2/h3-8,10-12H,9H2,1-2H3,(H,21,24)(H,22,25). The topological polar surface area (TPSA) is 111 Å². The van der Waals surface area contributed by atoms with Crippen LogP contribution >= 0.6 is 0 Å². The molecule has 0 aliphatic rings. The van der Waals surface area contributed by atoms with Crippen molar-refractivity contribution in [3.05, 3.63) is 60.6 Å². The SMILES string of the molecule is COCc1ccc(C(=O)Nc2ccc(NC(=O)C(C)n3cncn3)cc2)o1. The lowest BCUT2D eigenvalue weighted by molar-refractivity contribution is -0.119. The number of amides is 2. The van der Waals surface area contributed by atoms with E-state index >= 15 is 0 Å². The number of benzene rings is 1. The van der Waals surface area contributed by atoms with Gasteiger partial charge in [0.15, 0.2) is 5.76 Å². The Morgan fingerprint density at radius 2 is 1.85 bits per heavy atom. The molecule has 2 aromatic heterocycles. The number of furan rings is 1. The predicted molar refractivity (Wildman–Crippen MR) is 97.2 cm³/mol. The van der Waals surface area contributed by atoms with Crippen molar-refractivity contribution in [2.45, 2.75) is 19.6 Å². The van der Waals surface area contributed by atoms with E-state index in [4.69, 9.17) is 9.15 Å². The molecule has 3 aromatic rings. The second-order valence-corrected chi connectivity index (χ2v) is 5.77. The number of carbonyl (C=O) groups excluding carboxylic acids is 2. The predicted octanol–water partition coefficient (Wildman–Crippen LogP) is 2.47. The first-order chi connectivity index (χ1) is 13.1. The van der Waals surface area contributed by atoms with Crippen LogP contribution in [0.5, 0.6) is 0 Å². The zero-order chi connectivity index (χ0) is 19.2. The number of aromatic nitrogens is 3. The van der Waals surface area contributed by atoms with E-state index in [2.05, 4.69) is 20.7 Å². The number of ether oxygens (including phenoxy) is 1. The quantitative estimate of drug-likeness (QED) is 0.662. The van der Waals surface area contributed by atoms with Crippen LogP contribution in [-0.4, -0.2) is 33.7 Å². The maximum atomic E-state index is 12.2. The molecule has 1 unspecified atom stereocenters. The number of rotatable bonds is 7. The van der Waals surface area contributed by atoms with Gasteiger partial charge in [-0.15, -0.1) is 0 Å². The molecule has 140 valence electrons. The molecular formula is C18H19N5O4. The molecule has 2 heterocycles. The minimum absolute atomic E-state index is 0.195. The number of methoxy groups -OCH3 is 1. The Kier molecular flexibility index (Phi) is 5.62. The molecule has 0 bridgehead atoms. The highest BCUT2D eigenvalue weighted by Crippen LogP contribution is 2.17. The van der Waals surface area contributed by atoms with E-state index < -0.39 is 6.04 Å². The largest absolute Gasteiger partial charge is 0.453 e. The summed E-state index contributed by atoms with van der Waals surface area (Å²) >= 11 is 0. The summed E-state index contributed by atoms with van der Waals surface area (Å²) in [4.78, 5) is 28.2. The van der Waals surface area contributed by atoms with Crippen LogP contribution in [0.15, 0.2) is 53.5 Å². The van der Waals surface area contributed by atoms with E-state index in [9.17, 15) is 9.59 Å². The highest BCUT2D eigenvalue weighted by atomic mass is 16.5. The fourth-order valence-electron chi connectivity index (χ4n) is 2.33. The highest BCUT2D eigenvalue weighted by molar-refractivity contribution is 6.02. The Labute approximate surface area is 155 Å². The Morgan fingerprint density at radius 3 is 2.48 bits per heavy atom. The van der Waals surface area contributed by atoms with Gasteiger partial charge < -0.3 is 19.8 Å². The fourth-order valence-corrected chi connectivity index (χ4v) is 2.33. The molecular weight excluding hydrogens is 350 g/mol. The van der Waals surface area contributed by atoms with Crippen LogP contribution in [0, 0.1) is 0 Å². The van der Waals surface area contributed by atoms with Crippen LogP contribution in [0.25, 0.3) is 0 Å². The van der Waals surface area contributed by atoms with Gasteiger partial charge in [0.25, 0.3) is 5.91 Å². The van der Waals surface area contributed by atoms with Crippen LogP contribution in [0.4, 0.5) is 11.4 Å². The fraction of sp³-hybridized carbons (Fsp3) is 0.222. The van der Waals surface area contributed by atoms with Crippen molar-refractivity contribution in [2.75, 3.05) is 17.7 Å². The van der Waals surface area contributed by atoms with E-state index in [0.717, 1.165) is 0 Å². The summed E-state index contributed by atoms with van der Waals surface area (Å²) in [5, 5.41) is 9.47. The van der Waals surface area contributed by atoms with Crippen molar-refractivity contribution in [3.8, 4) is 0 Å². The molecule has 9 heteroatoms. The van der Waals surface area contributed by atoms with Gasteiger partial charge >= 0.3 is 0 Å². The van der Waals surface area contributed by atoms with Gasteiger partial charge in [0.2, 0.25) is 5.91 Å². The van der Waals surface area contributed by atoms with Crippen LogP contribution in [0.2, 0.25) is 0 Å². The second-order valence-electron chi connectivity index (χ2n) is 5.77. The molecule has 0 saturated heterocycles. The smallest absolute Gasteiger partial charge is 0.291 e. The van der Waals surface area contributed by atoms with Crippen molar-refractivity contribution in [3.63, 3.8) is 0 Å². The molecule has 27 heavy (non-hydrogen) atoms. The van der Waals surface area contributed by atoms with E-state index in [-0.39, 0.29) is 17.6 Å². The van der Waals surface area contributed by atoms with Gasteiger partial charge in [-0.1, -0.05) is 0 Å². The zero-order valence-corrected chi connectivity index (χ0v) is 14.9. The summed E-state index contributed by atoms with van der Waals surface area (Å²) in [6.45, 7) is 2.02. The van der Waals surface area contributed by atoms with Crippen molar-refractivity contribution in [1.82, 2.24) is 14.8 Å². The molecule has 0 aliphatic heterocycles. The van der Waals surface area contributed by atoms with Crippen molar-refractivity contribution < 1.29 is 18.7 Å². The number of hydrogen-bond acceptors (Lipinski definition) is 6. The average molecular weight is 369 g/mol. The van der Waals surface area contributed by atoms with Crippen LogP contribution in [0.1, 0.15) is 29.3 Å². The molecule has 0 aliphatic carbocycles. The van der Waals surface area contributed by atoms with Gasteiger partial charge in [0.05, 0.1) is 0 Å². The van der Waals surface area contributed by atoms with E-state index in [0.29, 0.717) is 23.7 Å². The summed E-state index contributed by atoms with van der Waals surface area (Å²) in [5.74, 6) is 0.177. The van der Waals surface area contributed by atoms with Gasteiger partial charge in [0.1, 0.15) is 31.1 Å². The number of nitrogens with zero attached hydrogens (tertiary/aromatic N) is 3. The first kappa shape index (κ1) is 18.3.